The fourth-order valence-electron chi connectivity index (χ4n) is 4.39. The van der Waals surface area contributed by atoms with Gasteiger partial charge in [-0.05, 0) is 43.9 Å². The molecule has 0 atom stereocenters. The van der Waals surface area contributed by atoms with Crippen molar-refractivity contribution < 1.29 is 35.6 Å². The van der Waals surface area contributed by atoms with E-state index >= 15 is 0 Å². The highest BCUT2D eigenvalue weighted by atomic mass is 32.2. The van der Waals surface area contributed by atoms with Gasteiger partial charge in [-0.3, -0.25) is 9.59 Å². The van der Waals surface area contributed by atoms with Gasteiger partial charge in [-0.15, -0.1) is 0 Å². The lowest BCUT2D eigenvalue weighted by Crippen LogP contribution is -2.55. The number of rotatable bonds is 5. The minimum absolute atomic E-state index is 0.0328. The van der Waals surface area contributed by atoms with E-state index in [-0.39, 0.29) is 41.9 Å². The van der Waals surface area contributed by atoms with Crippen LogP contribution >= 0.6 is 0 Å². The van der Waals surface area contributed by atoms with E-state index in [2.05, 4.69) is 10.3 Å². The van der Waals surface area contributed by atoms with E-state index in [9.17, 15) is 31.2 Å². The van der Waals surface area contributed by atoms with Gasteiger partial charge in [-0.2, -0.15) is 30.9 Å². The van der Waals surface area contributed by atoms with Gasteiger partial charge in [0.25, 0.3) is 11.9 Å². The highest BCUT2D eigenvalue weighted by Gasteiger charge is 2.46. The third-order valence-electron chi connectivity index (χ3n) is 6.65. The Morgan fingerprint density at radius 3 is 2.49 bits per heavy atom. The Morgan fingerprint density at radius 2 is 1.89 bits per heavy atom. The Balaban J connectivity index is 1.40. The van der Waals surface area contributed by atoms with Crippen molar-refractivity contribution in [3.05, 3.63) is 41.3 Å². The van der Waals surface area contributed by atoms with Gasteiger partial charge in [0.2, 0.25) is 5.91 Å². The van der Waals surface area contributed by atoms with Crippen molar-refractivity contribution in [1.29, 1.82) is 0 Å². The SMILES string of the molecule is Cc1ccc(C(F)(F)F)cc1Nc1nc(C(=O)NS(=O)(=O)N2CCC3(CCC(=O)N3C)CC2)co1. The Morgan fingerprint density at radius 1 is 1.20 bits per heavy atom. The van der Waals surface area contributed by atoms with Gasteiger partial charge in [0.15, 0.2) is 5.69 Å². The summed E-state index contributed by atoms with van der Waals surface area (Å²) in [6, 6.07) is 2.81. The van der Waals surface area contributed by atoms with E-state index in [1.165, 1.54) is 6.07 Å². The van der Waals surface area contributed by atoms with Gasteiger partial charge < -0.3 is 14.6 Å². The number of benzene rings is 1. The lowest BCUT2D eigenvalue weighted by Gasteiger charge is -2.42. The molecule has 1 aromatic carbocycles. The molecule has 4 rings (SSSR count). The van der Waals surface area contributed by atoms with E-state index in [1.807, 2.05) is 4.72 Å². The zero-order chi connectivity index (χ0) is 25.6. The molecule has 1 spiro atoms. The standard InChI is InChI=1S/C21H24F3N5O5S/c1-13-3-4-14(21(22,23)24)11-15(13)25-19-26-16(12-34-19)18(31)27-35(32,33)29-9-7-20(8-10-29)6-5-17(30)28(20)2/h3-4,11-12H,5-10H2,1-2H3,(H,25,26)(H,27,31). The van der Waals surface area contributed by atoms with Crippen LogP contribution in [0.5, 0.6) is 0 Å². The summed E-state index contributed by atoms with van der Waals surface area (Å²) in [5.41, 5.74) is -1.06. The van der Waals surface area contributed by atoms with Crippen molar-refractivity contribution in [2.45, 2.75) is 44.3 Å². The summed E-state index contributed by atoms with van der Waals surface area (Å²) in [4.78, 5) is 29.9. The number of piperidine rings is 1. The molecule has 3 heterocycles. The highest BCUT2D eigenvalue weighted by Crippen LogP contribution is 2.38. The number of amides is 2. The Hall–Kier alpha value is -3.13. The first-order valence-electron chi connectivity index (χ1n) is 10.8. The number of hydrogen-bond acceptors (Lipinski definition) is 7. The Kier molecular flexibility index (Phi) is 6.30. The van der Waals surface area contributed by atoms with E-state index in [1.54, 1.807) is 18.9 Å². The first-order valence-corrected chi connectivity index (χ1v) is 12.2. The first kappa shape index (κ1) is 25.0. The van der Waals surface area contributed by atoms with Crippen LogP contribution in [0.4, 0.5) is 24.9 Å². The van der Waals surface area contributed by atoms with Crippen LogP contribution in [0.1, 0.15) is 47.3 Å². The summed E-state index contributed by atoms with van der Waals surface area (Å²) in [6.07, 6.45) is -1.63. The maximum absolute atomic E-state index is 13.0. The Bertz CT molecular complexity index is 1250. The molecule has 0 saturated carbocycles. The van der Waals surface area contributed by atoms with Crippen molar-refractivity contribution in [3.63, 3.8) is 0 Å². The fourth-order valence-corrected chi connectivity index (χ4v) is 5.52. The number of carbonyl (C=O) groups is 2. The number of likely N-dealkylation sites (tertiary alicyclic amines) is 1. The van der Waals surface area contributed by atoms with Crippen molar-refractivity contribution in [2.75, 3.05) is 25.5 Å². The minimum Gasteiger partial charge on any atom is -0.431 e. The van der Waals surface area contributed by atoms with Gasteiger partial charge in [0.1, 0.15) is 6.26 Å². The first-order chi connectivity index (χ1) is 16.3. The van der Waals surface area contributed by atoms with Gasteiger partial charge >= 0.3 is 16.4 Å². The molecule has 0 radical (unpaired) electrons. The second-order valence-corrected chi connectivity index (χ2v) is 10.4. The number of alkyl halides is 3. The number of oxazole rings is 1. The third-order valence-corrected chi connectivity index (χ3v) is 8.14. The molecule has 2 saturated heterocycles. The number of nitrogens with zero attached hydrogens (tertiary/aromatic N) is 3. The summed E-state index contributed by atoms with van der Waals surface area (Å²) < 4.78 is 72.6. The van der Waals surface area contributed by atoms with Crippen LogP contribution in [0, 0.1) is 6.92 Å². The van der Waals surface area contributed by atoms with Gasteiger partial charge in [0, 0.05) is 37.8 Å². The number of hydrogen-bond donors (Lipinski definition) is 2. The number of carbonyl (C=O) groups excluding carboxylic acids is 2. The maximum atomic E-state index is 13.0. The van der Waals surface area contributed by atoms with Crippen molar-refractivity contribution >= 4 is 33.7 Å². The molecule has 35 heavy (non-hydrogen) atoms. The van der Waals surface area contributed by atoms with Crippen LogP contribution < -0.4 is 10.0 Å². The fraction of sp³-hybridized carbons (Fsp3) is 0.476. The van der Waals surface area contributed by atoms with Crippen LogP contribution in [0.2, 0.25) is 0 Å². The van der Waals surface area contributed by atoms with Gasteiger partial charge in [-0.25, -0.2) is 4.72 Å². The molecule has 1 aromatic heterocycles. The second-order valence-electron chi connectivity index (χ2n) is 8.70. The molecule has 10 nitrogen and oxygen atoms in total. The zero-order valence-corrected chi connectivity index (χ0v) is 19.8. The van der Waals surface area contributed by atoms with Crippen LogP contribution in [0.15, 0.2) is 28.9 Å². The summed E-state index contributed by atoms with van der Waals surface area (Å²) in [5, 5.41) is 2.57. The van der Waals surface area contributed by atoms with Crippen LogP contribution in [-0.4, -0.2) is 60.1 Å². The number of anilines is 2. The van der Waals surface area contributed by atoms with E-state index in [0.717, 1.165) is 22.7 Å². The molecule has 2 N–H and O–H groups in total. The van der Waals surface area contributed by atoms with E-state index in [0.29, 0.717) is 31.2 Å². The van der Waals surface area contributed by atoms with Crippen molar-refractivity contribution in [1.82, 2.24) is 18.9 Å². The molecule has 2 amide bonds. The quantitative estimate of drug-likeness (QED) is 0.627. The molecule has 0 bridgehead atoms. The predicted octanol–water partition coefficient (Wildman–Crippen LogP) is 2.81. The molecule has 0 unspecified atom stereocenters. The minimum atomic E-state index is -4.54. The summed E-state index contributed by atoms with van der Waals surface area (Å²) in [5.74, 6) is -1.01. The molecule has 2 aromatic rings. The second kappa shape index (κ2) is 8.82. The van der Waals surface area contributed by atoms with Gasteiger partial charge in [0.05, 0.1) is 5.56 Å². The smallest absolute Gasteiger partial charge is 0.416 e. The molecule has 14 heteroatoms. The molecular weight excluding hydrogens is 491 g/mol. The monoisotopic (exact) mass is 515 g/mol. The summed E-state index contributed by atoms with van der Waals surface area (Å²) in [7, 11) is -2.46. The number of halogens is 3. The van der Waals surface area contributed by atoms with Gasteiger partial charge in [-0.1, -0.05) is 6.07 Å². The van der Waals surface area contributed by atoms with Crippen LogP contribution in [0.25, 0.3) is 0 Å². The summed E-state index contributed by atoms with van der Waals surface area (Å²) >= 11 is 0. The molecule has 2 aliphatic rings. The lowest BCUT2D eigenvalue weighted by atomic mass is 9.86. The van der Waals surface area contributed by atoms with E-state index < -0.39 is 27.9 Å². The number of nitrogens with one attached hydrogen (secondary N) is 2. The highest BCUT2D eigenvalue weighted by molar-refractivity contribution is 7.87. The normalized spacial score (nSPS) is 18.8. The molecule has 0 aliphatic carbocycles. The number of aryl methyl sites for hydroxylation is 1. The molecule has 2 fully saturated rings. The molecule has 2 aliphatic heterocycles. The summed E-state index contributed by atoms with van der Waals surface area (Å²) in [6.45, 7) is 1.86. The predicted molar refractivity (Wildman–Crippen MR) is 118 cm³/mol. The molecule has 190 valence electrons. The molecular formula is C21H24F3N5O5S. The van der Waals surface area contributed by atoms with E-state index in [4.69, 9.17) is 4.42 Å². The largest absolute Gasteiger partial charge is 0.431 e. The topological polar surface area (TPSA) is 125 Å². The van der Waals surface area contributed by atoms with Crippen LogP contribution in [0.3, 0.4) is 0 Å². The van der Waals surface area contributed by atoms with Crippen molar-refractivity contribution in [3.8, 4) is 0 Å². The van der Waals surface area contributed by atoms with Crippen LogP contribution in [-0.2, 0) is 21.2 Å². The third kappa shape index (κ3) is 4.98. The van der Waals surface area contributed by atoms with Crippen molar-refractivity contribution in [2.24, 2.45) is 0 Å². The number of aromatic nitrogens is 1. The lowest BCUT2D eigenvalue weighted by molar-refractivity contribution is -0.137. The average molecular weight is 516 g/mol. The maximum Gasteiger partial charge on any atom is 0.416 e. The zero-order valence-electron chi connectivity index (χ0n) is 19.0. The average Bonchev–Trinajstić information content (AvgIpc) is 3.36. The Labute approximate surface area is 199 Å².